The average Bonchev–Trinajstić information content (AvgIpc) is 2.87. The molecule has 0 atom stereocenters. The van der Waals surface area contributed by atoms with Gasteiger partial charge in [-0.05, 0) is 0 Å². The molecule has 0 saturated heterocycles. The molecule has 0 spiro atoms. The van der Waals surface area contributed by atoms with Gasteiger partial charge in [-0.1, -0.05) is 23.7 Å². The van der Waals surface area contributed by atoms with Gasteiger partial charge in [-0.2, -0.15) is 5.10 Å². The van der Waals surface area contributed by atoms with Crippen LogP contribution in [0.1, 0.15) is 0 Å². The van der Waals surface area contributed by atoms with Gasteiger partial charge in [-0.3, -0.25) is 10.1 Å². The molecule has 0 saturated carbocycles. The fraction of sp³-hybridized carbons (Fsp3) is 0. The molecule has 2 heterocycles. The molecule has 0 bridgehead atoms. The second kappa shape index (κ2) is 4.33. The van der Waals surface area contributed by atoms with Crippen LogP contribution in [0.25, 0.3) is 16.9 Å². The van der Waals surface area contributed by atoms with E-state index in [9.17, 15) is 10.1 Å². The molecule has 94 valence electrons. The van der Waals surface area contributed by atoms with Crippen LogP contribution in [0.4, 0.5) is 5.69 Å². The number of aromatic nitrogens is 3. The summed E-state index contributed by atoms with van der Waals surface area (Å²) in [5, 5.41) is 15.2. The van der Waals surface area contributed by atoms with Crippen molar-refractivity contribution >= 4 is 22.9 Å². The fourth-order valence-electron chi connectivity index (χ4n) is 1.80. The van der Waals surface area contributed by atoms with E-state index in [1.165, 1.54) is 16.6 Å². The smallest absolute Gasteiger partial charge is 0.258 e. The standard InChI is InChI=1S/C12H7ClN4O2/c13-11-7-10(15-12-4-5-14-16(11)12)8-2-1-3-9(6-8)17(18)19/h1-7H. The Bertz CT molecular complexity index is 784. The van der Waals surface area contributed by atoms with E-state index in [-0.39, 0.29) is 5.69 Å². The van der Waals surface area contributed by atoms with Crippen LogP contribution in [-0.4, -0.2) is 19.5 Å². The van der Waals surface area contributed by atoms with Crippen molar-refractivity contribution in [2.24, 2.45) is 0 Å². The Labute approximate surface area is 112 Å². The van der Waals surface area contributed by atoms with Crippen molar-refractivity contribution in [3.63, 3.8) is 0 Å². The molecule has 7 heteroatoms. The van der Waals surface area contributed by atoms with Crippen LogP contribution in [0, 0.1) is 10.1 Å². The Morgan fingerprint density at radius 3 is 2.89 bits per heavy atom. The van der Waals surface area contributed by atoms with E-state index in [0.29, 0.717) is 22.1 Å². The van der Waals surface area contributed by atoms with Gasteiger partial charge in [0.1, 0.15) is 5.15 Å². The maximum Gasteiger partial charge on any atom is 0.270 e. The maximum atomic E-state index is 10.8. The monoisotopic (exact) mass is 274 g/mol. The first-order valence-corrected chi connectivity index (χ1v) is 5.78. The van der Waals surface area contributed by atoms with Crippen molar-refractivity contribution in [3.05, 3.63) is 57.9 Å². The summed E-state index contributed by atoms with van der Waals surface area (Å²) in [6.45, 7) is 0. The summed E-state index contributed by atoms with van der Waals surface area (Å²) >= 11 is 6.08. The van der Waals surface area contributed by atoms with Crippen molar-refractivity contribution in [1.29, 1.82) is 0 Å². The first-order valence-electron chi connectivity index (χ1n) is 5.40. The molecule has 2 aromatic heterocycles. The highest BCUT2D eigenvalue weighted by Gasteiger charge is 2.10. The number of nitro groups is 1. The van der Waals surface area contributed by atoms with Crippen LogP contribution in [-0.2, 0) is 0 Å². The third-order valence-electron chi connectivity index (χ3n) is 2.67. The molecule has 0 amide bonds. The van der Waals surface area contributed by atoms with E-state index in [2.05, 4.69) is 10.1 Å². The van der Waals surface area contributed by atoms with E-state index in [4.69, 9.17) is 11.6 Å². The zero-order valence-electron chi connectivity index (χ0n) is 9.52. The summed E-state index contributed by atoms with van der Waals surface area (Å²) < 4.78 is 1.49. The predicted octanol–water partition coefficient (Wildman–Crippen LogP) is 2.96. The van der Waals surface area contributed by atoms with E-state index < -0.39 is 4.92 Å². The molecule has 0 aliphatic rings. The lowest BCUT2D eigenvalue weighted by molar-refractivity contribution is -0.384. The second-order valence-corrected chi connectivity index (χ2v) is 4.26. The van der Waals surface area contributed by atoms with Gasteiger partial charge < -0.3 is 0 Å². The van der Waals surface area contributed by atoms with Crippen molar-refractivity contribution in [2.75, 3.05) is 0 Å². The largest absolute Gasteiger partial charge is 0.270 e. The van der Waals surface area contributed by atoms with E-state index in [1.807, 2.05) is 0 Å². The molecule has 3 aromatic rings. The van der Waals surface area contributed by atoms with Crippen molar-refractivity contribution in [2.45, 2.75) is 0 Å². The highest BCUT2D eigenvalue weighted by atomic mass is 35.5. The van der Waals surface area contributed by atoms with Gasteiger partial charge >= 0.3 is 0 Å². The molecule has 0 unspecified atom stereocenters. The minimum absolute atomic E-state index is 0.0174. The van der Waals surface area contributed by atoms with Crippen LogP contribution in [0.5, 0.6) is 0 Å². The number of hydrogen-bond donors (Lipinski definition) is 0. The SMILES string of the molecule is O=[N+]([O-])c1cccc(-c2cc(Cl)n3nccc3n2)c1. The summed E-state index contributed by atoms with van der Waals surface area (Å²) in [5.41, 5.74) is 1.82. The van der Waals surface area contributed by atoms with Crippen LogP contribution in [0.15, 0.2) is 42.6 Å². The molecular formula is C12H7ClN4O2. The van der Waals surface area contributed by atoms with Gasteiger partial charge in [0.25, 0.3) is 5.69 Å². The molecule has 3 rings (SSSR count). The van der Waals surface area contributed by atoms with Crippen LogP contribution in [0.3, 0.4) is 0 Å². The minimum Gasteiger partial charge on any atom is -0.258 e. The maximum absolute atomic E-state index is 10.8. The van der Waals surface area contributed by atoms with Crippen LogP contribution >= 0.6 is 11.6 Å². The lowest BCUT2D eigenvalue weighted by Crippen LogP contribution is -1.95. The number of non-ortho nitro benzene ring substituents is 1. The Kier molecular flexibility index (Phi) is 2.64. The van der Waals surface area contributed by atoms with Gasteiger partial charge in [0.05, 0.1) is 16.8 Å². The van der Waals surface area contributed by atoms with Gasteiger partial charge in [0.15, 0.2) is 5.65 Å². The number of rotatable bonds is 2. The minimum atomic E-state index is -0.442. The highest BCUT2D eigenvalue weighted by Crippen LogP contribution is 2.25. The third kappa shape index (κ3) is 2.02. The summed E-state index contributed by atoms with van der Waals surface area (Å²) in [4.78, 5) is 14.7. The van der Waals surface area contributed by atoms with Crippen molar-refractivity contribution in [3.8, 4) is 11.3 Å². The number of halogens is 1. The van der Waals surface area contributed by atoms with Gasteiger partial charge in [-0.15, -0.1) is 0 Å². The third-order valence-corrected chi connectivity index (χ3v) is 2.94. The van der Waals surface area contributed by atoms with Gasteiger partial charge in [-0.25, -0.2) is 9.50 Å². The Morgan fingerprint density at radius 2 is 2.11 bits per heavy atom. The Morgan fingerprint density at radius 1 is 1.26 bits per heavy atom. The summed E-state index contributed by atoms with van der Waals surface area (Å²) in [6, 6.07) is 9.60. The Hall–Kier alpha value is -2.47. The number of hydrogen-bond acceptors (Lipinski definition) is 4. The molecule has 0 radical (unpaired) electrons. The predicted molar refractivity (Wildman–Crippen MR) is 70.1 cm³/mol. The van der Waals surface area contributed by atoms with Crippen molar-refractivity contribution < 1.29 is 4.92 Å². The van der Waals surface area contributed by atoms with Crippen molar-refractivity contribution in [1.82, 2.24) is 14.6 Å². The fourth-order valence-corrected chi connectivity index (χ4v) is 2.04. The summed E-state index contributed by atoms with van der Waals surface area (Å²) in [6.07, 6.45) is 1.59. The highest BCUT2D eigenvalue weighted by molar-refractivity contribution is 6.30. The zero-order chi connectivity index (χ0) is 13.4. The quantitative estimate of drug-likeness (QED) is 0.409. The topological polar surface area (TPSA) is 73.3 Å². The lowest BCUT2D eigenvalue weighted by atomic mass is 10.1. The first-order chi connectivity index (χ1) is 9.15. The number of nitrogens with zero attached hydrogens (tertiary/aromatic N) is 4. The second-order valence-electron chi connectivity index (χ2n) is 3.87. The molecule has 0 fully saturated rings. The number of benzene rings is 1. The van der Waals surface area contributed by atoms with E-state index in [0.717, 1.165) is 0 Å². The van der Waals surface area contributed by atoms with Gasteiger partial charge in [0.2, 0.25) is 0 Å². The molecule has 6 nitrogen and oxygen atoms in total. The average molecular weight is 275 g/mol. The van der Waals surface area contributed by atoms with Gasteiger partial charge in [0, 0.05) is 29.8 Å². The summed E-state index contributed by atoms with van der Waals surface area (Å²) in [7, 11) is 0. The zero-order valence-corrected chi connectivity index (χ0v) is 10.3. The molecule has 0 aliphatic heterocycles. The molecule has 0 aliphatic carbocycles. The summed E-state index contributed by atoms with van der Waals surface area (Å²) in [5.74, 6) is 0. The number of nitro benzene ring substituents is 1. The molecule has 19 heavy (non-hydrogen) atoms. The number of fused-ring (bicyclic) bond motifs is 1. The first kappa shape index (κ1) is 11.6. The normalized spacial score (nSPS) is 10.8. The lowest BCUT2D eigenvalue weighted by Gasteiger charge is -2.03. The van der Waals surface area contributed by atoms with Crippen LogP contribution < -0.4 is 0 Å². The van der Waals surface area contributed by atoms with E-state index >= 15 is 0 Å². The molecular weight excluding hydrogens is 268 g/mol. The molecule has 1 aromatic carbocycles. The van der Waals surface area contributed by atoms with Crippen LogP contribution in [0.2, 0.25) is 5.15 Å². The van der Waals surface area contributed by atoms with E-state index in [1.54, 1.807) is 30.5 Å². The molecule has 0 N–H and O–H groups in total. The Balaban J connectivity index is 2.18.